The lowest BCUT2D eigenvalue weighted by molar-refractivity contribution is -0.192. The van der Waals surface area contributed by atoms with Crippen molar-refractivity contribution in [2.24, 2.45) is 11.7 Å². The number of rotatable bonds is 5. The number of hydrogen-bond acceptors (Lipinski definition) is 10. The highest BCUT2D eigenvalue weighted by molar-refractivity contribution is 6.25. The van der Waals surface area contributed by atoms with Gasteiger partial charge in [0.2, 0.25) is 5.78 Å². The molecule has 8 N–H and O–H groups in total. The first-order valence-electron chi connectivity index (χ1n) is 14.4. The summed E-state index contributed by atoms with van der Waals surface area (Å²) >= 11 is 0. The second-order valence-electron chi connectivity index (χ2n) is 11.8. The number of fused-ring (bicyclic) bond motifs is 3. The summed E-state index contributed by atoms with van der Waals surface area (Å²) in [5, 5.41) is 55.4. The molecule has 0 aromatic heterocycles. The lowest BCUT2D eigenvalue weighted by atomic mass is 9.61. The number of carboxylic acid groups (broad SMARTS) is 1. The summed E-state index contributed by atoms with van der Waals surface area (Å²) < 4.78 is 70.4. The summed E-state index contributed by atoms with van der Waals surface area (Å²) in [5.74, 6) is -9.74. The number of phenolic OH excluding ortho intramolecular Hbond substituents is 2. The molecule has 0 aliphatic heterocycles. The number of aromatic hydroxyl groups is 2. The van der Waals surface area contributed by atoms with E-state index < -0.39 is 87.3 Å². The average molecular weight is 714 g/mol. The number of alkyl halides is 6. The van der Waals surface area contributed by atoms with Crippen molar-refractivity contribution in [2.75, 3.05) is 19.4 Å². The molecule has 0 unspecified atom stereocenters. The van der Waals surface area contributed by atoms with Gasteiger partial charge in [-0.05, 0) is 67.7 Å². The number of carbonyl (C=O) groups excluding carboxylic acids is 3. The second kappa shape index (κ2) is 12.8. The summed E-state index contributed by atoms with van der Waals surface area (Å²) in [7, 11) is 3.01. The lowest BCUT2D eigenvalue weighted by Crippen LogP contribution is -2.64. The average Bonchev–Trinajstić information content (AvgIpc) is 3.00. The topological polar surface area (TPSA) is 211 Å². The number of aliphatic carboxylic acids is 1. The number of amides is 1. The van der Waals surface area contributed by atoms with Gasteiger partial charge in [0.15, 0.2) is 11.4 Å². The smallest absolute Gasteiger partial charge is 0.490 e. The van der Waals surface area contributed by atoms with Crippen LogP contribution in [0.15, 0.2) is 47.7 Å². The maximum absolute atomic E-state index is 14.0. The molecule has 0 bridgehead atoms. The summed E-state index contributed by atoms with van der Waals surface area (Å²) in [6.07, 6.45) is -9.73. The van der Waals surface area contributed by atoms with Crippen molar-refractivity contribution in [3.8, 4) is 11.5 Å². The molecule has 1 amide bonds. The molecular weight excluding hydrogens is 684 g/mol. The van der Waals surface area contributed by atoms with Gasteiger partial charge < -0.3 is 36.6 Å². The van der Waals surface area contributed by atoms with Crippen molar-refractivity contribution in [2.45, 2.75) is 43.9 Å². The van der Waals surface area contributed by atoms with Crippen LogP contribution in [0.2, 0.25) is 0 Å². The van der Waals surface area contributed by atoms with Crippen LogP contribution in [0.3, 0.4) is 0 Å². The number of benzene rings is 3. The molecule has 0 radical (unpaired) electrons. The van der Waals surface area contributed by atoms with E-state index in [1.807, 2.05) is 0 Å². The van der Waals surface area contributed by atoms with Gasteiger partial charge in [-0.25, -0.2) is 4.79 Å². The quantitative estimate of drug-likeness (QED) is 0.115. The Morgan fingerprint density at radius 3 is 2.02 bits per heavy atom. The molecule has 0 spiro atoms. The largest absolute Gasteiger partial charge is 0.508 e. The van der Waals surface area contributed by atoms with E-state index >= 15 is 0 Å². The first-order chi connectivity index (χ1) is 23.0. The standard InChI is InChI=1S/C30H28F3N3O7.C2HF3O2/c1-12-15-8-9-18(35-11-13-4-6-14(7-5-13)30(31,32)33)23(37)19(15)24(38)20-16(12)10-17-22(36(2)3)25(39)21(28(34)42)27(41)29(17,43)26(20)40;3-2(4,5)1(6)7/h4-9,17,22,35,37-38,41,43H,10-11H2,1-3H3,(H2,34,42);(H,6,7)/t17-,22-,29-;/m0./s1. The third-order valence-electron chi connectivity index (χ3n) is 8.65. The molecule has 18 heteroatoms. The normalized spacial score (nSPS) is 20.6. The zero-order valence-electron chi connectivity index (χ0n) is 26.2. The first kappa shape index (κ1) is 37.5. The van der Waals surface area contributed by atoms with Crippen LogP contribution in [0, 0.1) is 12.8 Å². The van der Waals surface area contributed by atoms with Crippen LogP contribution in [0.1, 0.15) is 32.6 Å². The third kappa shape index (κ3) is 6.26. The summed E-state index contributed by atoms with van der Waals surface area (Å²) in [6, 6.07) is 6.26. The number of ketones is 2. The zero-order chi connectivity index (χ0) is 37.8. The molecule has 2 aliphatic carbocycles. The Hall–Kier alpha value is -5.36. The van der Waals surface area contributed by atoms with Gasteiger partial charge in [-0.1, -0.05) is 18.2 Å². The molecule has 0 fully saturated rings. The van der Waals surface area contributed by atoms with Crippen molar-refractivity contribution >= 4 is 39.9 Å². The van der Waals surface area contributed by atoms with Crippen LogP contribution in [0.5, 0.6) is 11.5 Å². The predicted molar refractivity (Wildman–Crippen MR) is 162 cm³/mol. The van der Waals surface area contributed by atoms with Gasteiger partial charge in [0.25, 0.3) is 5.91 Å². The number of anilines is 1. The summed E-state index contributed by atoms with van der Waals surface area (Å²) in [5.41, 5.74) is 1.72. The number of Topliss-reactive ketones (excluding diaryl/α,β-unsaturated/α-hetero) is 2. The molecule has 2 aliphatic rings. The predicted octanol–water partition coefficient (Wildman–Crippen LogP) is 3.72. The number of nitrogens with two attached hydrogens (primary N) is 1. The van der Waals surface area contributed by atoms with Crippen molar-refractivity contribution in [1.82, 2.24) is 4.90 Å². The van der Waals surface area contributed by atoms with Crippen LogP contribution < -0.4 is 11.1 Å². The number of primary amides is 1. The highest BCUT2D eigenvalue weighted by atomic mass is 19.4. The molecule has 50 heavy (non-hydrogen) atoms. The fraction of sp³-hybridized carbons (Fsp3) is 0.312. The first-order valence-corrected chi connectivity index (χ1v) is 14.4. The van der Waals surface area contributed by atoms with Crippen molar-refractivity contribution in [3.05, 3.63) is 75.5 Å². The number of aliphatic hydroxyl groups excluding tert-OH is 1. The Balaban J connectivity index is 0.000000727. The van der Waals surface area contributed by atoms with Crippen LogP contribution >= 0.6 is 0 Å². The second-order valence-corrected chi connectivity index (χ2v) is 11.8. The maximum atomic E-state index is 14.0. The van der Waals surface area contributed by atoms with E-state index in [1.165, 1.54) is 37.2 Å². The van der Waals surface area contributed by atoms with E-state index in [-0.39, 0.29) is 29.6 Å². The molecule has 3 atom stereocenters. The minimum Gasteiger partial charge on any atom is -0.508 e. The molecule has 268 valence electrons. The number of phenols is 2. The van der Waals surface area contributed by atoms with Crippen molar-refractivity contribution in [1.29, 1.82) is 0 Å². The number of halogens is 6. The third-order valence-corrected chi connectivity index (χ3v) is 8.65. The molecule has 3 aromatic carbocycles. The van der Waals surface area contributed by atoms with E-state index in [0.29, 0.717) is 16.5 Å². The number of aliphatic hydroxyl groups is 2. The molecule has 0 saturated heterocycles. The molecular formula is C32H29F6N3O9. The van der Waals surface area contributed by atoms with E-state index in [4.69, 9.17) is 15.6 Å². The molecule has 0 heterocycles. The zero-order valence-corrected chi connectivity index (χ0v) is 26.2. The monoisotopic (exact) mass is 713 g/mol. The molecule has 5 rings (SSSR count). The Labute approximate surface area is 278 Å². The van der Waals surface area contributed by atoms with E-state index in [9.17, 15) is 61.2 Å². The number of hydrogen-bond donors (Lipinski definition) is 7. The fourth-order valence-electron chi connectivity index (χ4n) is 6.23. The van der Waals surface area contributed by atoms with Gasteiger partial charge in [-0.3, -0.25) is 19.3 Å². The number of carboxylic acids is 1. The van der Waals surface area contributed by atoms with E-state index in [2.05, 4.69) is 5.32 Å². The number of nitrogens with zero attached hydrogens (tertiary/aromatic N) is 1. The summed E-state index contributed by atoms with van der Waals surface area (Å²) in [4.78, 5) is 49.6. The number of likely N-dealkylation sites (N-methyl/N-ethyl adjacent to an activating group) is 1. The molecule has 3 aromatic rings. The SMILES string of the molecule is Cc1c2c(c(O)c3c(O)c(NCc4ccc(C(F)(F)F)cc4)ccc13)C(=O)[C@]1(O)C(O)=C(C(N)=O)C(=O)[C@@H](N(C)C)[C@@H]1C2.O=C(O)C(F)(F)F. The van der Waals surface area contributed by atoms with Crippen molar-refractivity contribution < 1.29 is 71.1 Å². The van der Waals surface area contributed by atoms with Gasteiger partial charge in [-0.2, -0.15) is 26.3 Å². The highest BCUT2D eigenvalue weighted by Crippen LogP contribution is 2.51. The number of nitrogens with one attached hydrogen (secondary N) is 1. The van der Waals surface area contributed by atoms with Crippen molar-refractivity contribution in [3.63, 3.8) is 0 Å². The van der Waals surface area contributed by atoms with Gasteiger partial charge in [0.05, 0.1) is 28.2 Å². The Bertz CT molecular complexity index is 1960. The number of aryl methyl sites for hydroxylation is 1. The van der Waals surface area contributed by atoms with Crippen LogP contribution in [-0.2, 0) is 33.5 Å². The molecule has 12 nitrogen and oxygen atoms in total. The fourth-order valence-corrected chi connectivity index (χ4v) is 6.23. The van der Waals surface area contributed by atoms with Gasteiger partial charge in [-0.15, -0.1) is 0 Å². The number of carbonyl (C=O) groups is 4. The van der Waals surface area contributed by atoms with E-state index in [0.717, 1.165) is 12.1 Å². The van der Waals surface area contributed by atoms with Gasteiger partial charge >= 0.3 is 18.3 Å². The lowest BCUT2D eigenvalue weighted by Gasteiger charge is -2.47. The minimum atomic E-state index is -5.08. The van der Waals surface area contributed by atoms with Crippen LogP contribution in [0.4, 0.5) is 32.0 Å². The van der Waals surface area contributed by atoms with Crippen LogP contribution in [0.25, 0.3) is 10.8 Å². The Kier molecular flexibility index (Phi) is 9.61. The Morgan fingerprint density at radius 2 is 1.54 bits per heavy atom. The minimum absolute atomic E-state index is 0.0107. The Morgan fingerprint density at radius 1 is 0.980 bits per heavy atom. The molecule has 0 saturated carbocycles. The van der Waals surface area contributed by atoms with Gasteiger partial charge in [0, 0.05) is 12.5 Å². The maximum Gasteiger partial charge on any atom is 0.490 e. The van der Waals surface area contributed by atoms with Gasteiger partial charge in [0.1, 0.15) is 22.8 Å². The van der Waals surface area contributed by atoms with Crippen LogP contribution in [-0.4, -0.2) is 85.8 Å². The van der Waals surface area contributed by atoms with E-state index in [1.54, 1.807) is 13.0 Å². The summed E-state index contributed by atoms with van der Waals surface area (Å²) in [6.45, 7) is 1.64. The highest BCUT2D eigenvalue weighted by Gasteiger charge is 2.62.